The van der Waals surface area contributed by atoms with E-state index >= 15 is 0 Å². The summed E-state index contributed by atoms with van der Waals surface area (Å²) in [5.74, 6) is 3.11. The maximum atomic E-state index is 14.1. The molecule has 0 N–H and O–H groups in total. The second-order valence-corrected chi connectivity index (χ2v) is 14.7. The summed E-state index contributed by atoms with van der Waals surface area (Å²) in [6, 6.07) is 0.697. The Hall–Kier alpha value is -0.450. The summed E-state index contributed by atoms with van der Waals surface area (Å²) in [4.78, 5) is 17.2. The number of rotatable bonds is 5. The number of ketones is 1. The van der Waals surface area contributed by atoms with Crippen LogP contribution in [0.5, 0.6) is 0 Å². The van der Waals surface area contributed by atoms with Crippen molar-refractivity contribution in [3.63, 3.8) is 0 Å². The first-order chi connectivity index (χ1) is 16.1. The van der Waals surface area contributed by atoms with Gasteiger partial charge in [-0.25, -0.2) is 0 Å². The summed E-state index contributed by atoms with van der Waals surface area (Å²) in [6.07, 6.45) is 13.6. The van der Waals surface area contributed by atoms with E-state index in [1.165, 1.54) is 51.5 Å². The molecule has 5 saturated heterocycles. The first kappa shape index (κ1) is 22.7. The van der Waals surface area contributed by atoms with Gasteiger partial charge in [-0.3, -0.25) is 9.69 Å². The zero-order valence-electron chi connectivity index (χ0n) is 22.3. The number of fused-ring (bicyclic) bond motifs is 4. The Kier molecular flexibility index (Phi) is 4.61. The molecular weight excluding hydrogens is 422 g/mol. The van der Waals surface area contributed by atoms with Gasteiger partial charge in [-0.2, -0.15) is 0 Å². The first-order valence-electron chi connectivity index (χ1n) is 14.7. The minimum absolute atomic E-state index is 0.0372. The lowest BCUT2D eigenvalue weighted by atomic mass is 9.42. The smallest absolute Gasteiger partial charge is 0.166 e. The Bertz CT molecular complexity index is 903. The molecule has 7 fully saturated rings. The largest absolute Gasteiger partial charge is 0.349 e. The third kappa shape index (κ3) is 2.45. The molecule has 2 saturated carbocycles. The highest BCUT2D eigenvalue weighted by molar-refractivity contribution is 5.85. The van der Waals surface area contributed by atoms with Crippen LogP contribution < -0.4 is 0 Å². The average Bonchev–Trinajstić information content (AvgIpc) is 3.41. The molecule has 0 aromatic heterocycles. The Morgan fingerprint density at radius 2 is 1.85 bits per heavy atom. The summed E-state index contributed by atoms with van der Waals surface area (Å²) >= 11 is 0. The quantitative estimate of drug-likeness (QED) is 0.497. The van der Waals surface area contributed by atoms with Crippen LogP contribution in [0.1, 0.15) is 105 Å². The zero-order chi connectivity index (χ0) is 23.7. The molecule has 7 aliphatic rings. The molecule has 34 heavy (non-hydrogen) atoms. The van der Waals surface area contributed by atoms with Crippen molar-refractivity contribution in [3.8, 4) is 0 Å². The predicted molar refractivity (Wildman–Crippen MR) is 132 cm³/mol. The lowest BCUT2D eigenvalue weighted by Crippen LogP contribution is -2.68. The third-order valence-corrected chi connectivity index (χ3v) is 13.4. The maximum absolute atomic E-state index is 14.1. The molecule has 5 aliphatic heterocycles. The fourth-order valence-electron chi connectivity index (χ4n) is 11.6. The molecule has 0 aromatic carbocycles. The van der Waals surface area contributed by atoms with Gasteiger partial charge in [-0.05, 0) is 99.7 Å². The van der Waals surface area contributed by atoms with Gasteiger partial charge >= 0.3 is 0 Å². The van der Waals surface area contributed by atoms with Gasteiger partial charge in [-0.15, -0.1) is 0 Å². The number of hydrogen-bond donors (Lipinski definition) is 0. The van der Waals surface area contributed by atoms with E-state index in [9.17, 15) is 4.79 Å². The van der Waals surface area contributed by atoms with Crippen molar-refractivity contribution >= 4 is 5.78 Å². The minimum atomic E-state index is -0.473. The van der Waals surface area contributed by atoms with Gasteiger partial charge in [0.25, 0.3) is 0 Å². The molecule has 9 unspecified atom stereocenters. The van der Waals surface area contributed by atoms with Crippen LogP contribution in [0.25, 0.3) is 0 Å². The van der Waals surface area contributed by atoms with Crippen molar-refractivity contribution in [2.45, 2.75) is 129 Å². The molecule has 4 nitrogen and oxygen atoms in total. The lowest BCUT2D eigenvalue weighted by Gasteiger charge is -2.67. The summed E-state index contributed by atoms with van der Waals surface area (Å²) in [7, 11) is 0. The SMILES string of the molecule is CC(C)C1CCC2(C)C3CC[C@@]45CCC[C@@H]4C2(CCC(=O)C2(C)COC4(C)CCC2O4)C1N5C3. The molecule has 0 radical (unpaired) electrons. The molecule has 2 aliphatic carbocycles. The summed E-state index contributed by atoms with van der Waals surface area (Å²) in [5, 5.41) is 0. The van der Waals surface area contributed by atoms with Gasteiger partial charge in [0, 0.05) is 31.0 Å². The third-order valence-electron chi connectivity index (χ3n) is 13.4. The van der Waals surface area contributed by atoms with E-state index in [2.05, 4.69) is 39.5 Å². The normalized spacial score (nSPS) is 59.0. The predicted octanol–water partition coefficient (Wildman–Crippen LogP) is 5.97. The molecule has 7 rings (SSSR count). The fourth-order valence-corrected chi connectivity index (χ4v) is 11.6. The van der Waals surface area contributed by atoms with E-state index in [-0.39, 0.29) is 6.10 Å². The van der Waals surface area contributed by atoms with Gasteiger partial charge in [0.1, 0.15) is 5.78 Å². The van der Waals surface area contributed by atoms with Crippen LogP contribution in [-0.2, 0) is 14.3 Å². The molecule has 11 atom stereocenters. The first-order valence-corrected chi connectivity index (χ1v) is 14.7. The monoisotopic (exact) mass is 469 g/mol. The van der Waals surface area contributed by atoms with Gasteiger partial charge < -0.3 is 9.47 Å². The van der Waals surface area contributed by atoms with Crippen LogP contribution in [0.15, 0.2) is 0 Å². The highest BCUT2D eigenvalue weighted by atomic mass is 16.7. The second-order valence-electron chi connectivity index (χ2n) is 14.7. The highest BCUT2D eigenvalue weighted by Gasteiger charge is 2.79. The van der Waals surface area contributed by atoms with E-state index in [0.29, 0.717) is 34.8 Å². The standard InChI is InChI=1S/C30H47NO3/c1-19(2)21-9-13-27(4)20-8-15-29-12-6-7-22(29)30(27,25(21)31(29)17-20)16-10-23(32)26(3)18-33-28(5)14-11-24(26)34-28/h19-22,24-25H,6-18H2,1-5H3/t20?,21?,22-,24?,25?,26?,27?,28?,29-,30?/m0/s1. The lowest BCUT2D eigenvalue weighted by molar-refractivity contribution is -0.282. The van der Waals surface area contributed by atoms with Crippen molar-refractivity contribution in [2.24, 2.45) is 39.9 Å². The number of piperidine rings is 2. The van der Waals surface area contributed by atoms with E-state index in [0.717, 1.165) is 49.4 Å². The number of carbonyl (C=O) groups is 1. The van der Waals surface area contributed by atoms with E-state index in [1.54, 1.807) is 0 Å². The Morgan fingerprint density at radius 1 is 1.03 bits per heavy atom. The van der Waals surface area contributed by atoms with Gasteiger partial charge in [0.2, 0.25) is 0 Å². The maximum Gasteiger partial charge on any atom is 0.166 e. The Morgan fingerprint density at radius 3 is 2.65 bits per heavy atom. The van der Waals surface area contributed by atoms with E-state index in [4.69, 9.17) is 9.47 Å². The van der Waals surface area contributed by atoms with Crippen molar-refractivity contribution in [1.29, 1.82) is 0 Å². The molecule has 1 spiro atoms. The molecule has 5 heterocycles. The van der Waals surface area contributed by atoms with E-state index < -0.39 is 11.2 Å². The van der Waals surface area contributed by atoms with Crippen LogP contribution in [0.2, 0.25) is 0 Å². The number of hydrogen-bond acceptors (Lipinski definition) is 4. The number of Topliss-reactive ketones (excluding diaryl/α,β-unsaturated/α-hetero) is 1. The average molecular weight is 470 g/mol. The van der Waals surface area contributed by atoms with Crippen molar-refractivity contribution in [1.82, 2.24) is 4.90 Å². The van der Waals surface area contributed by atoms with Crippen LogP contribution in [-0.4, -0.2) is 47.3 Å². The Balaban J connectivity index is 1.26. The molecule has 0 amide bonds. The van der Waals surface area contributed by atoms with Gasteiger partial charge in [-0.1, -0.05) is 27.2 Å². The van der Waals surface area contributed by atoms with Crippen molar-refractivity contribution < 1.29 is 14.3 Å². The van der Waals surface area contributed by atoms with E-state index in [1.807, 2.05) is 0 Å². The zero-order valence-corrected chi connectivity index (χ0v) is 22.3. The number of ether oxygens (including phenoxy) is 2. The van der Waals surface area contributed by atoms with Crippen LogP contribution >= 0.6 is 0 Å². The number of nitrogens with zero attached hydrogens (tertiary/aromatic N) is 1. The molecule has 7 bridgehead atoms. The van der Waals surface area contributed by atoms with Crippen LogP contribution in [0, 0.1) is 39.9 Å². The van der Waals surface area contributed by atoms with Crippen LogP contribution in [0.3, 0.4) is 0 Å². The van der Waals surface area contributed by atoms with Gasteiger partial charge in [0.05, 0.1) is 18.1 Å². The molecule has 4 heteroatoms. The Labute approximate surface area is 206 Å². The number of carbonyl (C=O) groups excluding carboxylic acids is 1. The highest BCUT2D eigenvalue weighted by Crippen LogP contribution is 2.79. The molecule has 0 aromatic rings. The summed E-state index contributed by atoms with van der Waals surface area (Å²) < 4.78 is 12.4. The molecular formula is C30H47NO3. The minimum Gasteiger partial charge on any atom is -0.349 e. The second kappa shape index (κ2) is 6.90. The molecule has 190 valence electrons. The van der Waals surface area contributed by atoms with Crippen molar-refractivity contribution in [3.05, 3.63) is 0 Å². The van der Waals surface area contributed by atoms with Gasteiger partial charge in [0.15, 0.2) is 5.79 Å². The van der Waals surface area contributed by atoms with Crippen LogP contribution in [0.4, 0.5) is 0 Å². The summed E-state index contributed by atoms with van der Waals surface area (Å²) in [5.41, 5.74) is 0.704. The fraction of sp³-hybridized carbons (Fsp3) is 0.967. The summed E-state index contributed by atoms with van der Waals surface area (Å²) in [6.45, 7) is 13.7. The topological polar surface area (TPSA) is 38.8 Å². The van der Waals surface area contributed by atoms with Crippen molar-refractivity contribution in [2.75, 3.05) is 13.2 Å².